The second-order valence-electron chi connectivity index (χ2n) is 7.51. The van der Waals surface area contributed by atoms with Gasteiger partial charge >= 0.3 is 0 Å². The van der Waals surface area contributed by atoms with Gasteiger partial charge in [-0.15, -0.1) is 5.47 Å². The van der Waals surface area contributed by atoms with Crippen LogP contribution in [0.15, 0.2) is 47.5 Å². The van der Waals surface area contributed by atoms with Crippen molar-refractivity contribution in [1.29, 1.82) is 0 Å². The molecule has 1 aliphatic rings. The van der Waals surface area contributed by atoms with Crippen LogP contribution in [0.4, 0.5) is 0 Å². The van der Waals surface area contributed by atoms with Gasteiger partial charge in [-0.2, -0.15) is 0 Å². The molecule has 1 rings (SSSR count). The standard InChI is InChI=1S/C22H35B/c1-7-9-19(10-8-2)22(16(3)4)14-17(5)13-20-11-12-21(23)15-18(20)6/h7,9,12-13,18-20,22H,3,8,10-11,14-15H2,1-2,4-6H3/b9-7-,17-13+. The lowest BCUT2D eigenvalue weighted by molar-refractivity contribution is 0.400. The lowest BCUT2D eigenvalue weighted by Crippen LogP contribution is -2.17. The number of hydrogen-bond acceptors (Lipinski definition) is 0. The van der Waals surface area contributed by atoms with Gasteiger partial charge in [-0.3, -0.25) is 0 Å². The molecule has 4 atom stereocenters. The predicted octanol–water partition coefficient (Wildman–Crippen LogP) is 6.61. The maximum Gasteiger partial charge on any atom is 0.107 e. The van der Waals surface area contributed by atoms with Crippen LogP contribution in [-0.4, -0.2) is 7.85 Å². The zero-order chi connectivity index (χ0) is 17.4. The van der Waals surface area contributed by atoms with Crippen LogP contribution in [0, 0.1) is 23.7 Å². The third kappa shape index (κ3) is 6.57. The minimum Gasteiger partial charge on any atom is -0.121 e. The third-order valence-electron chi connectivity index (χ3n) is 5.19. The first-order valence-electron chi connectivity index (χ1n) is 9.29. The average Bonchev–Trinajstić information content (AvgIpc) is 2.47. The zero-order valence-corrected chi connectivity index (χ0v) is 15.9. The Balaban J connectivity index is 2.82. The molecule has 23 heavy (non-hydrogen) atoms. The molecule has 0 N–H and O–H groups in total. The number of rotatable bonds is 8. The average molecular weight is 310 g/mol. The van der Waals surface area contributed by atoms with Crippen LogP contribution in [0.3, 0.4) is 0 Å². The Bertz CT molecular complexity index is 466. The van der Waals surface area contributed by atoms with E-state index in [4.69, 9.17) is 7.85 Å². The van der Waals surface area contributed by atoms with Crippen LogP contribution >= 0.6 is 0 Å². The van der Waals surface area contributed by atoms with Crippen molar-refractivity contribution in [3.05, 3.63) is 47.5 Å². The highest BCUT2D eigenvalue weighted by Gasteiger charge is 2.22. The van der Waals surface area contributed by atoms with Crippen molar-refractivity contribution in [3.63, 3.8) is 0 Å². The zero-order valence-electron chi connectivity index (χ0n) is 15.9. The van der Waals surface area contributed by atoms with E-state index in [2.05, 4.69) is 65.5 Å². The second kappa shape index (κ2) is 10.0. The lowest BCUT2D eigenvalue weighted by atomic mass is 9.73. The van der Waals surface area contributed by atoms with E-state index >= 15 is 0 Å². The molecule has 0 fully saturated rings. The van der Waals surface area contributed by atoms with Crippen molar-refractivity contribution in [2.75, 3.05) is 0 Å². The van der Waals surface area contributed by atoms with E-state index in [1.54, 1.807) is 0 Å². The molecule has 0 aromatic carbocycles. The fourth-order valence-corrected chi connectivity index (χ4v) is 3.84. The first-order chi connectivity index (χ1) is 10.9. The SMILES string of the molecule is [B]C1=CCC(/C=C(\C)CC(C(=C)C)C(/C=C\C)CCC)C(C)C1. The van der Waals surface area contributed by atoms with E-state index in [1.165, 1.54) is 24.0 Å². The molecule has 1 aliphatic carbocycles. The maximum absolute atomic E-state index is 5.97. The molecule has 0 saturated carbocycles. The molecule has 2 radical (unpaired) electrons. The Labute approximate surface area is 146 Å². The molecular weight excluding hydrogens is 275 g/mol. The number of allylic oxidation sites excluding steroid dienone is 7. The van der Waals surface area contributed by atoms with Crippen LogP contribution in [-0.2, 0) is 0 Å². The molecule has 1 heteroatoms. The first-order valence-corrected chi connectivity index (χ1v) is 9.29. The molecule has 0 bridgehead atoms. The van der Waals surface area contributed by atoms with Crippen molar-refractivity contribution in [2.45, 2.75) is 66.7 Å². The summed E-state index contributed by atoms with van der Waals surface area (Å²) in [5.41, 5.74) is 3.89. The van der Waals surface area contributed by atoms with Crippen LogP contribution in [0.25, 0.3) is 0 Å². The van der Waals surface area contributed by atoms with Gasteiger partial charge in [-0.1, -0.05) is 62.3 Å². The molecule has 0 aromatic rings. The van der Waals surface area contributed by atoms with E-state index in [1.807, 2.05) is 0 Å². The van der Waals surface area contributed by atoms with Gasteiger partial charge in [-0.25, -0.2) is 0 Å². The van der Waals surface area contributed by atoms with E-state index in [9.17, 15) is 0 Å². The Kier molecular flexibility index (Phi) is 8.73. The summed E-state index contributed by atoms with van der Waals surface area (Å²) in [6, 6.07) is 0. The summed E-state index contributed by atoms with van der Waals surface area (Å²) >= 11 is 0. The van der Waals surface area contributed by atoms with Crippen molar-refractivity contribution >= 4 is 7.85 Å². The molecule has 0 aliphatic heterocycles. The molecule has 126 valence electrons. The van der Waals surface area contributed by atoms with Crippen molar-refractivity contribution < 1.29 is 0 Å². The second-order valence-corrected chi connectivity index (χ2v) is 7.51. The van der Waals surface area contributed by atoms with Gasteiger partial charge in [0.1, 0.15) is 7.85 Å². The smallest absolute Gasteiger partial charge is 0.107 e. The normalized spacial score (nSPS) is 25.3. The van der Waals surface area contributed by atoms with Gasteiger partial charge in [0, 0.05) is 0 Å². The van der Waals surface area contributed by atoms with Crippen molar-refractivity contribution in [1.82, 2.24) is 0 Å². The quantitative estimate of drug-likeness (QED) is 0.350. The highest BCUT2D eigenvalue weighted by Crippen LogP contribution is 2.34. The summed E-state index contributed by atoms with van der Waals surface area (Å²) in [6.45, 7) is 15.5. The highest BCUT2D eigenvalue weighted by molar-refractivity contribution is 6.21. The van der Waals surface area contributed by atoms with E-state index in [-0.39, 0.29) is 0 Å². The van der Waals surface area contributed by atoms with Gasteiger partial charge in [-0.05, 0) is 70.1 Å². The topological polar surface area (TPSA) is 0 Å². The largest absolute Gasteiger partial charge is 0.121 e. The summed E-state index contributed by atoms with van der Waals surface area (Å²) in [7, 11) is 5.97. The maximum atomic E-state index is 5.97. The molecule has 0 aromatic heterocycles. The van der Waals surface area contributed by atoms with Crippen LogP contribution in [0.2, 0.25) is 0 Å². The van der Waals surface area contributed by atoms with Crippen LogP contribution in [0.1, 0.15) is 66.7 Å². The molecule has 0 nitrogen and oxygen atoms in total. The summed E-state index contributed by atoms with van der Waals surface area (Å²) in [4.78, 5) is 0. The molecule has 0 saturated heterocycles. The van der Waals surface area contributed by atoms with Crippen molar-refractivity contribution in [2.24, 2.45) is 23.7 Å². The van der Waals surface area contributed by atoms with Crippen LogP contribution < -0.4 is 0 Å². The van der Waals surface area contributed by atoms with E-state index in [0.717, 1.165) is 24.7 Å². The summed E-state index contributed by atoms with van der Waals surface area (Å²) in [5.74, 6) is 2.46. The molecule has 0 spiro atoms. The van der Waals surface area contributed by atoms with Gasteiger partial charge in [0.2, 0.25) is 0 Å². The van der Waals surface area contributed by atoms with Gasteiger partial charge in [0.05, 0.1) is 0 Å². The minimum atomic E-state index is 0.557. The Morgan fingerprint density at radius 3 is 2.65 bits per heavy atom. The number of hydrogen-bond donors (Lipinski definition) is 0. The monoisotopic (exact) mass is 310 g/mol. The minimum absolute atomic E-state index is 0.557. The summed E-state index contributed by atoms with van der Waals surface area (Å²) in [5, 5.41) is 0. The molecule has 4 unspecified atom stereocenters. The van der Waals surface area contributed by atoms with Crippen LogP contribution in [0.5, 0.6) is 0 Å². The van der Waals surface area contributed by atoms with E-state index in [0.29, 0.717) is 23.7 Å². The first kappa shape index (κ1) is 20.1. The Hall–Kier alpha value is -0.975. The highest BCUT2D eigenvalue weighted by atomic mass is 14.3. The summed E-state index contributed by atoms with van der Waals surface area (Å²) < 4.78 is 0. The lowest BCUT2D eigenvalue weighted by Gasteiger charge is -2.28. The molecule has 0 heterocycles. The van der Waals surface area contributed by atoms with E-state index < -0.39 is 0 Å². The van der Waals surface area contributed by atoms with Gasteiger partial charge in [0.25, 0.3) is 0 Å². The summed E-state index contributed by atoms with van der Waals surface area (Å²) in [6.07, 6.45) is 15.0. The predicted molar refractivity (Wildman–Crippen MR) is 106 cm³/mol. The Morgan fingerprint density at radius 1 is 1.43 bits per heavy atom. The van der Waals surface area contributed by atoms with Crippen molar-refractivity contribution in [3.8, 4) is 0 Å². The Morgan fingerprint density at radius 2 is 2.13 bits per heavy atom. The van der Waals surface area contributed by atoms with Gasteiger partial charge in [0.15, 0.2) is 0 Å². The molecular formula is C22H35B. The third-order valence-corrected chi connectivity index (χ3v) is 5.19. The van der Waals surface area contributed by atoms with Gasteiger partial charge < -0.3 is 0 Å². The molecule has 0 amide bonds. The fraction of sp³-hybridized carbons (Fsp3) is 0.636. The fourth-order valence-electron chi connectivity index (χ4n) is 3.84.